The van der Waals surface area contributed by atoms with Gasteiger partial charge < -0.3 is 5.11 Å². The van der Waals surface area contributed by atoms with Crippen molar-refractivity contribution in [3.8, 4) is 5.75 Å². The summed E-state index contributed by atoms with van der Waals surface area (Å²) in [4.78, 5) is 0. The van der Waals surface area contributed by atoms with Crippen molar-refractivity contribution in [1.82, 2.24) is 0 Å². The minimum absolute atomic E-state index is 0.0110. The van der Waals surface area contributed by atoms with Crippen molar-refractivity contribution in [3.05, 3.63) is 28.8 Å². The highest BCUT2D eigenvalue weighted by Gasteiger charge is 2.20. The van der Waals surface area contributed by atoms with Crippen LogP contribution in [0.3, 0.4) is 0 Å². The van der Waals surface area contributed by atoms with Crippen LogP contribution < -0.4 is 0 Å². The van der Waals surface area contributed by atoms with Crippen LogP contribution in [0.1, 0.15) is 57.2 Å². The van der Waals surface area contributed by atoms with Crippen LogP contribution in [0.2, 0.25) is 0 Å². The van der Waals surface area contributed by atoms with Crippen LogP contribution in [0.5, 0.6) is 5.75 Å². The summed E-state index contributed by atoms with van der Waals surface area (Å²) in [6.45, 7) is 10.7. The minimum Gasteiger partial charge on any atom is -0.507 e. The summed E-state index contributed by atoms with van der Waals surface area (Å²) in [6.07, 6.45) is 3.28. The summed E-state index contributed by atoms with van der Waals surface area (Å²) in [7, 11) is 0. The molecule has 0 saturated heterocycles. The first-order valence-electron chi connectivity index (χ1n) is 6.19. The van der Waals surface area contributed by atoms with E-state index in [1.54, 1.807) is 0 Å². The summed E-state index contributed by atoms with van der Waals surface area (Å²) in [5.41, 5.74) is 3.43. The molecule has 0 atom stereocenters. The normalized spacial score (nSPS) is 11.8. The molecule has 0 bridgehead atoms. The molecule has 1 heteroatoms. The van der Waals surface area contributed by atoms with Gasteiger partial charge in [-0.15, -0.1) is 0 Å². The molecule has 1 rings (SSSR count). The third kappa shape index (κ3) is 3.01. The SMILES string of the molecule is CCCCc1cc(C)cc(C(C)(C)C)c1O. The smallest absolute Gasteiger partial charge is 0.122 e. The zero-order valence-corrected chi connectivity index (χ0v) is 11.2. The molecule has 1 N–H and O–H groups in total. The van der Waals surface area contributed by atoms with Crippen molar-refractivity contribution >= 4 is 0 Å². The lowest BCUT2D eigenvalue weighted by molar-refractivity contribution is 0.439. The number of phenols is 1. The number of aryl methyl sites for hydroxylation is 2. The Morgan fingerprint density at radius 1 is 1.19 bits per heavy atom. The monoisotopic (exact) mass is 220 g/mol. The molecule has 0 aliphatic carbocycles. The Labute approximate surface area is 99.5 Å². The van der Waals surface area contributed by atoms with Gasteiger partial charge in [-0.25, -0.2) is 0 Å². The highest BCUT2D eigenvalue weighted by atomic mass is 16.3. The van der Waals surface area contributed by atoms with Gasteiger partial charge in [0.2, 0.25) is 0 Å². The van der Waals surface area contributed by atoms with Crippen LogP contribution in [-0.2, 0) is 11.8 Å². The van der Waals surface area contributed by atoms with Gasteiger partial charge in [-0.3, -0.25) is 0 Å². The Hall–Kier alpha value is -0.980. The van der Waals surface area contributed by atoms with Crippen molar-refractivity contribution in [2.45, 2.75) is 59.3 Å². The second-order valence-corrected chi connectivity index (χ2v) is 5.67. The molecule has 0 fully saturated rings. The lowest BCUT2D eigenvalue weighted by Crippen LogP contribution is -2.12. The van der Waals surface area contributed by atoms with Crippen LogP contribution in [0.15, 0.2) is 12.1 Å². The first-order valence-corrected chi connectivity index (χ1v) is 6.19. The molecule has 1 aromatic carbocycles. The Balaban J connectivity index is 3.16. The highest BCUT2D eigenvalue weighted by Crippen LogP contribution is 2.34. The van der Waals surface area contributed by atoms with Crippen molar-refractivity contribution < 1.29 is 5.11 Å². The zero-order valence-electron chi connectivity index (χ0n) is 11.2. The number of hydrogen-bond acceptors (Lipinski definition) is 1. The number of hydrogen-bond donors (Lipinski definition) is 1. The number of benzene rings is 1. The van der Waals surface area contributed by atoms with E-state index in [0.717, 1.165) is 30.4 Å². The maximum Gasteiger partial charge on any atom is 0.122 e. The lowest BCUT2D eigenvalue weighted by atomic mass is 9.83. The summed E-state index contributed by atoms with van der Waals surface area (Å²) in [6, 6.07) is 4.21. The maximum absolute atomic E-state index is 10.3. The Kier molecular flexibility index (Phi) is 4.01. The number of aromatic hydroxyl groups is 1. The summed E-state index contributed by atoms with van der Waals surface area (Å²) >= 11 is 0. The average molecular weight is 220 g/mol. The second kappa shape index (κ2) is 4.90. The third-order valence-corrected chi connectivity index (χ3v) is 2.94. The van der Waals surface area contributed by atoms with Gasteiger partial charge in [0, 0.05) is 0 Å². The predicted octanol–water partition coefficient (Wildman–Crippen LogP) is 4.34. The van der Waals surface area contributed by atoms with Crippen LogP contribution >= 0.6 is 0 Å². The standard InChI is InChI=1S/C15H24O/c1-6-7-8-12-9-11(2)10-13(14(12)16)15(3,4)5/h9-10,16H,6-8H2,1-5H3. The van der Waals surface area contributed by atoms with Gasteiger partial charge in [0.15, 0.2) is 0 Å². The summed E-state index contributed by atoms with van der Waals surface area (Å²) in [5.74, 6) is 0.506. The Bertz CT molecular complexity index is 358. The maximum atomic E-state index is 10.3. The van der Waals surface area contributed by atoms with E-state index in [9.17, 15) is 5.11 Å². The first kappa shape index (κ1) is 13.1. The molecule has 0 aliphatic heterocycles. The van der Waals surface area contributed by atoms with Crippen molar-refractivity contribution in [3.63, 3.8) is 0 Å². The largest absolute Gasteiger partial charge is 0.507 e. The molecule has 90 valence electrons. The van der Waals surface area contributed by atoms with Crippen LogP contribution in [0, 0.1) is 6.92 Å². The van der Waals surface area contributed by atoms with Crippen LogP contribution in [-0.4, -0.2) is 5.11 Å². The zero-order chi connectivity index (χ0) is 12.3. The molecule has 0 radical (unpaired) electrons. The first-order chi connectivity index (χ1) is 7.36. The Morgan fingerprint density at radius 3 is 2.31 bits per heavy atom. The highest BCUT2D eigenvalue weighted by molar-refractivity contribution is 5.46. The van der Waals surface area contributed by atoms with E-state index in [1.807, 2.05) is 0 Å². The third-order valence-electron chi connectivity index (χ3n) is 2.94. The number of unbranched alkanes of at least 4 members (excludes halogenated alkanes) is 1. The van der Waals surface area contributed by atoms with Gasteiger partial charge in [-0.05, 0) is 36.3 Å². The second-order valence-electron chi connectivity index (χ2n) is 5.67. The van der Waals surface area contributed by atoms with Crippen LogP contribution in [0.4, 0.5) is 0 Å². The van der Waals surface area contributed by atoms with E-state index >= 15 is 0 Å². The van der Waals surface area contributed by atoms with E-state index in [-0.39, 0.29) is 5.41 Å². The van der Waals surface area contributed by atoms with E-state index in [0.29, 0.717) is 5.75 Å². The van der Waals surface area contributed by atoms with E-state index in [1.165, 1.54) is 5.56 Å². The molecule has 16 heavy (non-hydrogen) atoms. The van der Waals surface area contributed by atoms with Crippen LogP contribution in [0.25, 0.3) is 0 Å². The molecule has 1 nitrogen and oxygen atoms in total. The van der Waals surface area contributed by atoms with Crippen molar-refractivity contribution in [2.24, 2.45) is 0 Å². The lowest BCUT2D eigenvalue weighted by Gasteiger charge is -2.23. The van der Waals surface area contributed by atoms with Gasteiger partial charge in [0.1, 0.15) is 5.75 Å². The molecular formula is C15H24O. The van der Waals surface area contributed by atoms with Crippen molar-refractivity contribution in [2.75, 3.05) is 0 Å². The Morgan fingerprint density at radius 2 is 1.81 bits per heavy atom. The molecular weight excluding hydrogens is 196 g/mol. The minimum atomic E-state index is 0.0110. The molecule has 0 unspecified atom stereocenters. The fourth-order valence-electron chi connectivity index (χ4n) is 1.98. The van der Waals surface area contributed by atoms with Crippen molar-refractivity contribution in [1.29, 1.82) is 0 Å². The molecule has 0 saturated carbocycles. The van der Waals surface area contributed by atoms with E-state index in [4.69, 9.17) is 0 Å². The summed E-state index contributed by atoms with van der Waals surface area (Å²) < 4.78 is 0. The fourth-order valence-corrected chi connectivity index (χ4v) is 1.98. The van der Waals surface area contributed by atoms with Gasteiger partial charge in [0.25, 0.3) is 0 Å². The average Bonchev–Trinajstić information content (AvgIpc) is 2.17. The molecule has 0 heterocycles. The molecule has 0 spiro atoms. The topological polar surface area (TPSA) is 20.2 Å². The fraction of sp³-hybridized carbons (Fsp3) is 0.600. The van der Waals surface area contributed by atoms with E-state index in [2.05, 4.69) is 46.8 Å². The predicted molar refractivity (Wildman–Crippen MR) is 70.2 cm³/mol. The van der Waals surface area contributed by atoms with Gasteiger partial charge in [0.05, 0.1) is 0 Å². The van der Waals surface area contributed by atoms with Gasteiger partial charge in [-0.2, -0.15) is 0 Å². The molecule has 0 aliphatic rings. The quantitative estimate of drug-likeness (QED) is 0.803. The summed E-state index contributed by atoms with van der Waals surface area (Å²) in [5, 5.41) is 10.3. The molecule has 0 aromatic heterocycles. The van der Waals surface area contributed by atoms with Gasteiger partial charge in [-0.1, -0.05) is 51.8 Å². The number of rotatable bonds is 3. The molecule has 1 aromatic rings. The molecule has 0 amide bonds. The number of phenolic OH excluding ortho intramolecular Hbond substituents is 1. The van der Waals surface area contributed by atoms with E-state index < -0.39 is 0 Å². The van der Waals surface area contributed by atoms with Gasteiger partial charge >= 0.3 is 0 Å².